The number of nitrogens with zero attached hydrogens (tertiary/aromatic N) is 1. The Hall–Kier alpha value is -7.42. The number of hydrogen-bond donors (Lipinski definition) is 0. The van der Waals surface area contributed by atoms with Crippen molar-refractivity contribution in [2.45, 2.75) is 91.4 Å². The van der Waals surface area contributed by atoms with Crippen LogP contribution in [0.3, 0.4) is 0 Å². The zero-order valence-electron chi connectivity index (χ0n) is 41.7. The van der Waals surface area contributed by atoms with Crippen LogP contribution in [-0.2, 0) is 17.3 Å². The smallest absolute Gasteiger partial charge is 0.152 e. The molecule has 9 aromatic carbocycles. The Morgan fingerprint density at radius 1 is 0.386 bits per heavy atom. The first-order valence-corrected chi connectivity index (χ1v) is 25.6. The van der Waals surface area contributed by atoms with Crippen LogP contribution in [0.25, 0.3) is 66.8 Å². The molecule has 0 unspecified atom stereocenters. The van der Waals surface area contributed by atoms with Crippen LogP contribution in [0.4, 0.5) is 17.1 Å². The van der Waals surface area contributed by atoms with E-state index in [0.29, 0.717) is 0 Å². The van der Waals surface area contributed by atoms with Crippen molar-refractivity contribution in [1.82, 2.24) is 0 Å². The van der Waals surface area contributed by atoms with Gasteiger partial charge in [0.15, 0.2) is 11.5 Å². The van der Waals surface area contributed by atoms with Gasteiger partial charge < -0.3 is 9.64 Å². The van der Waals surface area contributed by atoms with E-state index < -0.39 is 0 Å². The number of benzene rings is 9. The van der Waals surface area contributed by atoms with Gasteiger partial charge in [-0.3, -0.25) is 0 Å². The summed E-state index contributed by atoms with van der Waals surface area (Å²) in [6.07, 6.45) is 5.91. The van der Waals surface area contributed by atoms with Gasteiger partial charge in [0, 0.05) is 22.0 Å². The summed E-state index contributed by atoms with van der Waals surface area (Å²) in [5.41, 5.74) is 27.3. The van der Waals surface area contributed by atoms with Crippen LogP contribution in [0.5, 0.6) is 11.5 Å². The first-order chi connectivity index (χ1) is 34.0. The zero-order chi connectivity index (χ0) is 47.9. The third-order valence-electron chi connectivity index (χ3n) is 16.0. The minimum Gasteiger partial charge on any atom is -0.453 e. The Balaban J connectivity index is 1.07. The summed E-state index contributed by atoms with van der Waals surface area (Å²) in [5.74, 6) is 1.68. The maximum absolute atomic E-state index is 7.32. The molecule has 1 heterocycles. The fraction of sp³-hybridized carbons (Fsp3) is 0.206. The fourth-order valence-electron chi connectivity index (χ4n) is 12.2. The van der Waals surface area contributed by atoms with Crippen molar-refractivity contribution < 1.29 is 4.74 Å². The standard InChI is InChI=1S/C68H61NO/c1-8-9-10-11-22-45-37-56(50-23-14-12-20-43(50)2)66(57(38-45)51-24-15-13-21-44(51)3)69-62-35-31-48(46-29-33-54-52-25-16-18-27-58(52)67(4,5)60(54)39-46)41-64(62)70-65-42-49(32-36-63(65)69)47-30-34-55-53-26-17-19-28-59(53)68(6,7)61(55)40-47/h12-21,23-42H,8-11,22H2,1-7H3. The van der Waals surface area contributed by atoms with Crippen LogP contribution in [0.15, 0.2) is 182 Å². The third-order valence-corrected chi connectivity index (χ3v) is 16.0. The summed E-state index contributed by atoms with van der Waals surface area (Å²) >= 11 is 0. The van der Waals surface area contributed by atoms with Crippen molar-refractivity contribution >= 4 is 17.1 Å². The summed E-state index contributed by atoms with van der Waals surface area (Å²) in [6.45, 7) is 16.2. The van der Waals surface area contributed by atoms with E-state index in [1.54, 1.807) is 0 Å². The van der Waals surface area contributed by atoms with Crippen molar-refractivity contribution in [3.05, 3.63) is 221 Å². The maximum Gasteiger partial charge on any atom is 0.152 e. The van der Waals surface area contributed by atoms with Gasteiger partial charge in [0.1, 0.15) is 0 Å². The lowest BCUT2D eigenvalue weighted by molar-refractivity contribution is 0.477. The van der Waals surface area contributed by atoms with E-state index in [4.69, 9.17) is 4.74 Å². The first kappa shape index (κ1) is 43.8. The van der Waals surface area contributed by atoms with Gasteiger partial charge in [0.05, 0.1) is 17.1 Å². The average Bonchev–Trinajstić information content (AvgIpc) is 3.75. The SMILES string of the molecule is CCCCCCc1cc(-c2ccccc2C)c(N2c3ccc(-c4ccc5c(c4)C(C)(C)c4ccccc4-5)cc3Oc3cc(-c4ccc5c(c4)C(C)(C)c4ccccc4-5)ccc32)c(-c2ccccc2C)c1. The number of aryl methyl sites for hydroxylation is 3. The van der Waals surface area contributed by atoms with Crippen molar-refractivity contribution in [1.29, 1.82) is 0 Å². The molecule has 0 radical (unpaired) electrons. The van der Waals surface area contributed by atoms with E-state index in [-0.39, 0.29) is 10.8 Å². The lowest BCUT2D eigenvalue weighted by Gasteiger charge is -2.36. The van der Waals surface area contributed by atoms with Gasteiger partial charge in [-0.1, -0.05) is 187 Å². The highest BCUT2D eigenvalue weighted by molar-refractivity contribution is 6.02. The van der Waals surface area contributed by atoms with Crippen LogP contribution in [0.1, 0.15) is 99.2 Å². The molecule has 0 aromatic heterocycles. The first-order valence-electron chi connectivity index (χ1n) is 25.6. The van der Waals surface area contributed by atoms with E-state index >= 15 is 0 Å². The Morgan fingerprint density at radius 2 is 0.800 bits per heavy atom. The normalized spacial score (nSPS) is 14.2. The number of fused-ring (bicyclic) bond motifs is 8. The summed E-state index contributed by atoms with van der Waals surface area (Å²) in [4.78, 5) is 2.52. The number of rotatable bonds is 10. The molecule has 344 valence electrons. The maximum atomic E-state index is 7.32. The molecule has 9 aromatic rings. The average molecular weight is 908 g/mol. The molecule has 0 saturated heterocycles. The molecule has 0 fully saturated rings. The van der Waals surface area contributed by atoms with Gasteiger partial charge in [-0.25, -0.2) is 0 Å². The lowest BCUT2D eigenvalue weighted by atomic mass is 9.81. The highest BCUT2D eigenvalue weighted by atomic mass is 16.5. The molecule has 70 heavy (non-hydrogen) atoms. The number of anilines is 3. The van der Waals surface area contributed by atoms with Crippen molar-refractivity contribution in [2.24, 2.45) is 0 Å². The van der Waals surface area contributed by atoms with Gasteiger partial charge in [0.2, 0.25) is 0 Å². The molecule has 0 saturated carbocycles. The van der Waals surface area contributed by atoms with Crippen molar-refractivity contribution in [2.75, 3.05) is 4.90 Å². The van der Waals surface area contributed by atoms with Crippen LogP contribution in [0, 0.1) is 13.8 Å². The van der Waals surface area contributed by atoms with Gasteiger partial charge in [-0.05, 0) is 170 Å². The lowest BCUT2D eigenvalue weighted by Crippen LogP contribution is -2.18. The quantitative estimate of drug-likeness (QED) is 0.127. The molecule has 12 rings (SSSR count). The van der Waals surface area contributed by atoms with Gasteiger partial charge >= 0.3 is 0 Å². The molecule has 0 N–H and O–H groups in total. The largest absolute Gasteiger partial charge is 0.453 e. The van der Waals surface area contributed by atoms with E-state index in [9.17, 15) is 0 Å². The molecule has 1 aliphatic heterocycles. The van der Waals surface area contributed by atoms with Gasteiger partial charge in [-0.15, -0.1) is 0 Å². The Kier molecular flexibility index (Phi) is 10.6. The fourth-order valence-corrected chi connectivity index (χ4v) is 12.2. The van der Waals surface area contributed by atoms with Crippen LogP contribution >= 0.6 is 0 Å². The highest BCUT2D eigenvalue weighted by Crippen LogP contribution is 2.58. The van der Waals surface area contributed by atoms with E-state index in [1.807, 2.05) is 0 Å². The summed E-state index contributed by atoms with van der Waals surface area (Å²) < 4.78 is 7.32. The van der Waals surface area contributed by atoms with E-state index in [1.165, 1.54) is 126 Å². The minimum absolute atomic E-state index is 0.103. The summed E-state index contributed by atoms with van der Waals surface area (Å²) in [6, 6.07) is 68.5. The van der Waals surface area contributed by atoms with Gasteiger partial charge in [0.25, 0.3) is 0 Å². The number of ether oxygens (including phenoxy) is 1. The predicted octanol–water partition coefficient (Wildman–Crippen LogP) is 19.3. The molecular formula is C68H61NO. The molecule has 0 atom stereocenters. The van der Waals surface area contributed by atoms with Crippen LogP contribution < -0.4 is 9.64 Å². The molecule has 0 amide bonds. The predicted molar refractivity (Wildman–Crippen MR) is 295 cm³/mol. The second-order valence-electron chi connectivity index (χ2n) is 21.1. The van der Waals surface area contributed by atoms with Gasteiger partial charge in [-0.2, -0.15) is 0 Å². The van der Waals surface area contributed by atoms with Crippen molar-refractivity contribution in [3.63, 3.8) is 0 Å². The molecule has 0 bridgehead atoms. The Labute approximate surface area is 415 Å². The molecule has 0 spiro atoms. The van der Waals surface area contributed by atoms with Crippen LogP contribution in [0.2, 0.25) is 0 Å². The number of unbranched alkanes of at least 4 members (excludes halogenated alkanes) is 3. The molecule has 2 aliphatic carbocycles. The van der Waals surface area contributed by atoms with E-state index in [2.05, 4.69) is 235 Å². The molecule has 3 aliphatic rings. The minimum atomic E-state index is -0.103. The number of hydrogen-bond acceptors (Lipinski definition) is 2. The monoisotopic (exact) mass is 907 g/mol. The molecule has 2 heteroatoms. The second kappa shape index (κ2) is 16.9. The summed E-state index contributed by atoms with van der Waals surface area (Å²) in [7, 11) is 0. The molecular weight excluding hydrogens is 847 g/mol. The topological polar surface area (TPSA) is 12.5 Å². The van der Waals surface area contributed by atoms with Crippen LogP contribution in [-0.4, -0.2) is 0 Å². The zero-order valence-corrected chi connectivity index (χ0v) is 41.7. The summed E-state index contributed by atoms with van der Waals surface area (Å²) in [5, 5.41) is 0. The highest BCUT2D eigenvalue weighted by Gasteiger charge is 2.38. The van der Waals surface area contributed by atoms with E-state index in [0.717, 1.165) is 40.4 Å². The third kappa shape index (κ3) is 7.06. The Morgan fingerprint density at radius 3 is 1.27 bits per heavy atom. The Bertz CT molecular complexity index is 3330. The van der Waals surface area contributed by atoms with Crippen molar-refractivity contribution in [3.8, 4) is 78.3 Å². The molecule has 2 nitrogen and oxygen atoms in total. The second-order valence-corrected chi connectivity index (χ2v) is 21.1.